The SMILES string of the molecule is c1ccc(C2(c3ccccc3)c3ccccc3-c3ccc(-c4ccncn4)cc32)cc1. The molecule has 0 aliphatic heterocycles. The van der Waals surface area contributed by atoms with Crippen LogP contribution in [0.1, 0.15) is 22.3 Å². The van der Waals surface area contributed by atoms with Gasteiger partial charge in [0.15, 0.2) is 0 Å². The second-order valence-corrected chi connectivity index (χ2v) is 7.88. The molecule has 2 nitrogen and oxygen atoms in total. The number of hydrogen-bond donors (Lipinski definition) is 0. The molecule has 0 fully saturated rings. The van der Waals surface area contributed by atoms with Crippen LogP contribution in [0.5, 0.6) is 0 Å². The molecule has 0 radical (unpaired) electrons. The Labute approximate surface area is 181 Å². The van der Waals surface area contributed by atoms with Crippen molar-refractivity contribution < 1.29 is 0 Å². The third-order valence-corrected chi connectivity index (χ3v) is 6.34. The largest absolute Gasteiger partial charge is 0.245 e. The van der Waals surface area contributed by atoms with Crippen molar-refractivity contribution in [1.29, 1.82) is 0 Å². The van der Waals surface area contributed by atoms with E-state index in [2.05, 4.69) is 113 Å². The molecule has 4 aromatic carbocycles. The van der Waals surface area contributed by atoms with Crippen LogP contribution in [-0.4, -0.2) is 9.97 Å². The van der Waals surface area contributed by atoms with Crippen LogP contribution in [0.15, 0.2) is 122 Å². The molecule has 146 valence electrons. The lowest BCUT2D eigenvalue weighted by molar-refractivity contribution is 0.768. The van der Waals surface area contributed by atoms with Crippen molar-refractivity contribution in [3.8, 4) is 22.4 Å². The number of aromatic nitrogens is 2. The van der Waals surface area contributed by atoms with Crippen LogP contribution in [0.4, 0.5) is 0 Å². The second kappa shape index (κ2) is 7.03. The van der Waals surface area contributed by atoms with E-state index >= 15 is 0 Å². The Morgan fingerprint density at radius 3 is 1.87 bits per heavy atom. The summed E-state index contributed by atoms with van der Waals surface area (Å²) in [4.78, 5) is 8.59. The molecule has 0 spiro atoms. The fourth-order valence-corrected chi connectivity index (χ4v) is 5.07. The highest BCUT2D eigenvalue weighted by atomic mass is 14.8. The van der Waals surface area contributed by atoms with Gasteiger partial charge in [0.05, 0.1) is 11.1 Å². The monoisotopic (exact) mass is 396 g/mol. The zero-order valence-corrected chi connectivity index (χ0v) is 16.9. The third-order valence-electron chi connectivity index (χ3n) is 6.34. The molecule has 31 heavy (non-hydrogen) atoms. The Hall–Kier alpha value is -4.04. The molecule has 0 saturated heterocycles. The summed E-state index contributed by atoms with van der Waals surface area (Å²) in [5.74, 6) is 0. The van der Waals surface area contributed by atoms with E-state index in [0.29, 0.717) is 0 Å². The van der Waals surface area contributed by atoms with E-state index in [-0.39, 0.29) is 5.41 Å². The first kappa shape index (κ1) is 17.8. The summed E-state index contributed by atoms with van der Waals surface area (Å²) in [6, 6.07) is 39.2. The van der Waals surface area contributed by atoms with Gasteiger partial charge in [-0.15, -0.1) is 0 Å². The average Bonchev–Trinajstić information content (AvgIpc) is 3.16. The molecule has 0 amide bonds. The molecule has 1 aliphatic rings. The molecule has 1 aliphatic carbocycles. The van der Waals surface area contributed by atoms with Crippen LogP contribution in [0.25, 0.3) is 22.4 Å². The fourth-order valence-electron chi connectivity index (χ4n) is 5.07. The minimum absolute atomic E-state index is 0.377. The summed E-state index contributed by atoms with van der Waals surface area (Å²) >= 11 is 0. The van der Waals surface area contributed by atoms with Gasteiger partial charge in [-0.2, -0.15) is 0 Å². The lowest BCUT2D eigenvalue weighted by Gasteiger charge is -2.34. The van der Waals surface area contributed by atoms with E-state index in [9.17, 15) is 0 Å². The average molecular weight is 396 g/mol. The van der Waals surface area contributed by atoms with Gasteiger partial charge in [-0.25, -0.2) is 9.97 Å². The molecule has 0 unspecified atom stereocenters. The van der Waals surface area contributed by atoms with Crippen LogP contribution < -0.4 is 0 Å². The standard InChI is InChI=1S/C29H20N2/c1-3-9-22(10-4-1)29(23-11-5-2-6-12-23)26-14-8-7-13-24(26)25-16-15-21(19-27(25)29)28-17-18-30-20-31-28/h1-20H. The van der Waals surface area contributed by atoms with Gasteiger partial charge in [0, 0.05) is 11.8 Å². The zero-order chi connectivity index (χ0) is 20.7. The molecule has 0 saturated carbocycles. The topological polar surface area (TPSA) is 25.8 Å². The molecular weight excluding hydrogens is 376 g/mol. The maximum Gasteiger partial charge on any atom is 0.116 e. The van der Waals surface area contributed by atoms with E-state index in [0.717, 1.165) is 11.3 Å². The number of fused-ring (bicyclic) bond motifs is 3. The smallest absolute Gasteiger partial charge is 0.116 e. The minimum atomic E-state index is -0.377. The molecule has 0 bridgehead atoms. The molecule has 5 aromatic rings. The van der Waals surface area contributed by atoms with E-state index in [4.69, 9.17) is 0 Å². The first-order valence-corrected chi connectivity index (χ1v) is 10.5. The van der Waals surface area contributed by atoms with Crippen LogP contribution in [-0.2, 0) is 5.41 Å². The van der Waals surface area contributed by atoms with Crippen molar-refractivity contribution in [2.75, 3.05) is 0 Å². The molecule has 6 rings (SSSR count). The van der Waals surface area contributed by atoms with E-state index in [1.54, 1.807) is 12.5 Å². The predicted molar refractivity (Wildman–Crippen MR) is 125 cm³/mol. The first-order valence-electron chi connectivity index (χ1n) is 10.5. The first-order chi connectivity index (χ1) is 15.4. The normalized spacial score (nSPS) is 13.4. The van der Waals surface area contributed by atoms with E-state index in [1.165, 1.54) is 33.4 Å². The van der Waals surface area contributed by atoms with Crippen molar-refractivity contribution >= 4 is 0 Å². The summed E-state index contributed by atoms with van der Waals surface area (Å²) in [6.07, 6.45) is 3.41. The van der Waals surface area contributed by atoms with Crippen molar-refractivity contribution in [2.24, 2.45) is 0 Å². The van der Waals surface area contributed by atoms with Gasteiger partial charge >= 0.3 is 0 Å². The molecule has 2 heteroatoms. The van der Waals surface area contributed by atoms with Gasteiger partial charge in [0.25, 0.3) is 0 Å². The maximum absolute atomic E-state index is 4.51. The third kappa shape index (κ3) is 2.58. The van der Waals surface area contributed by atoms with Crippen LogP contribution in [0, 0.1) is 0 Å². The van der Waals surface area contributed by atoms with Crippen molar-refractivity contribution in [2.45, 2.75) is 5.41 Å². The number of rotatable bonds is 3. The van der Waals surface area contributed by atoms with Gasteiger partial charge in [-0.1, -0.05) is 97.1 Å². The van der Waals surface area contributed by atoms with E-state index in [1.807, 2.05) is 6.07 Å². The molecule has 0 atom stereocenters. The Morgan fingerprint density at radius 1 is 0.548 bits per heavy atom. The van der Waals surface area contributed by atoms with Gasteiger partial charge in [0.1, 0.15) is 6.33 Å². The Balaban J connectivity index is 1.74. The van der Waals surface area contributed by atoms with Gasteiger partial charge < -0.3 is 0 Å². The summed E-state index contributed by atoms with van der Waals surface area (Å²) in [7, 11) is 0. The van der Waals surface area contributed by atoms with Crippen LogP contribution in [0.3, 0.4) is 0 Å². The Morgan fingerprint density at radius 2 is 1.19 bits per heavy atom. The minimum Gasteiger partial charge on any atom is -0.245 e. The summed E-state index contributed by atoms with van der Waals surface area (Å²) in [6.45, 7) is 0. The Kier molecular flexibility index (Phi) is 4.03. The molecular formula is C29H20N2. The highest BCUT2D eigenvalue weighted by Gasteiger charge is 2.45. The second-order valence-electron chi connectivity index (χ2n) is 7.88. The van der Waals surface area contributed by atoms with Crippen LogP contribution in [0.2, 0.25) is 0 Å². The maximum atomic E-state index is 4.51. The molecule has 1 heterocycles. The molecule has 0 N–H and O–H groups in total. The van der Waals surface area contributed by atoms with Crippen molar-refractivity contribution in [3.05, 3.63) is 144 Å². The van der Waals surface area contributed by atoms with Gasteiger partial charge in [-0.05, 0) is 45.5 Å². The fraction of sp³-hybridized carbons (Fsp3) is 0.0345. The number of hydrogen-bond acceptors (Lipinski definition) is 2. The van der Waals surface area contributed by atoms with Crippen molar-refractivity contribution in [3.63, 3.8) is 0 Å². The Bertz CT molecular complexity index is 1320. The van der Waals surface area contributed by atoms with Gasteiger partial charge in [0.2, 0.25) is 0 Å². The van der Waals surface area contributed by atoms with Crippen LogP contribution >= 0.6 is 0 Å². The number of benzene rings is 4. The predicted octanol–water partition coefficient (Wildman–Crippen LogP) is 6.51. The highest BCUT2D eigenvalue weighted by molar-refractivity contribution is 5.88. The summed E-state index contributed by atoms with van der Waals surface area (Å²) in [5, 5.41) is 0. The lowest BCUT2D eigenvalue weighted by atomic mass is 9.67. The zero-order valence-electron chi connectivity index (χ0n) is 16.9. The molecule has 1 aromatic heterocycles. The van der Waals surface area contributed by atoms with E-state index < -0.39 is 0 Å². The summed E-state index contributed by atoms with van der Waals surface area (Å²) in [5.41, 5.74) is 9.38. The highest BCUT2D eigenvalue weighted by Crippen LogP contribution is 2.56. The summed E-state index contributed by atoms with van der Waals surface area (Å²) < 4.78 is 0. The quantitative estimate of drug-likeness (QED) is 0.341. The van der Waals surface area contributed by atoms with Gasteiger partial charge in [-0.3, -0.25) is 0 Å². The van der Waals surface area contributed by atoms with Crippen molar-refractivity contribution in [1.82, 2.24) is 9.97 Å². The lowest BCUT2D eigenvalue weighted by Crippen LogP contribution is -2.28. The number of nitrogens with zero attached hydrogens (tertiary/aromatic N) is 2.